The highest BCUT2D eigenvalue weighted by molar-refractivity contribution is 6.00. The lowest BCUT2D eigenvalue weighted by molar-refractivity contribution is 0.204. The summed E-state index contributed by atoms with van der Waals surface area (Å²) < 4.78 is 5.49. The Kier molecular flexibility index (Phi) is 7.84. The van der Waals surface area contributed by atoms with Crippen LogP contribution in [0.15, 0.2) is 72.9 Å². The zero-order chi connectivity index (χ0) is 28.2. The van der Waals surface area contributed by atoms with E-state index in [0.717, 1.165) is 54.1 Å². The molecule has 1 amide bonds. The lowest BCUT2D eigenvalue weighted by Crippen LogP contribution is -2.44. The monoisotopic (exact) mass is 538 g/mol. The maximum Gasteiger partial charge on any atom is 0.417 e. The van der Waals surface area contributed by atoms with Gasteiger partial charge in [-0.3, -0.25) is 0 Å². The average Bonchev–Trinajstić information content (AvgIpc) is 2.95. The fraction of sp³-hybridized carbons (Fsp3) is 0.258. The number of amides is 1. The second kappa shape index (κ2) is 11.6. The first-order chi connectivity index (χ1) is 19.3. The van der Waals surface area contributed by atoms with Gasteiger partial charge in [-0.2, -0.15) is 4.98 Å². The summed E-state index contributed by atoms with van der Waals surface area (Å²) in [5.74, 6) is 1.17. The molecule has 0 bridgehead atoms. The van der Waals surface area contributed by atoms with Crippen LogP contribution in [0.5, 0.6) is 5.75 Å². The van der Waals surface area contributed by atoms with Crippen LogP contribution in [0.3, 0.4) is 0 Å². The van der Waals surface area contributed by atoms with E-state index >= 15 is 0 Å². The van der Waals surface area contributed by atoms with E-state index < -0.39 is 6.09 Å². The van der Waals surface area contributed by atoms with Gasteiger partial charge in [-0.1, -0.05) is 18.2 Å². The molecular weight excluding hydrogens is 504 g/mol. The molecule has 3 aromatic carbocycles. The van der Waals surface area contributed by atoms with Crippen LogP contribution in [-0.2, 0) is 0 Å². The summed E-state index contributed by atoms with van der Waals surface area (Å²) in [6, 6.07) is 21.1. The second-order valence-electron chi connectivity index (χ2n) is 9.97. The van der Waals surface area contributed by atoms with Crippen LogP contribution in [0.2, 0.25) is 0 Å². The number of methoxy groups -OCH3 is 1. The van der Waals surface area contributed by atoms with Crippen molar-refractivity contribution < 1.29 is 14.6 Å². The number of aryl methyl sites for hydroxylation is 2. The molecule has 2 heterocycles. The van der Waals surface area contributed by atoms with E-state index in [1.807, 2.05) is 50.2 Å². The Balaban J connectivity index is 1.46. The fourth-order valence-corrected chi connectivity index (χ4v) is 5.08. The Bertz CT molecular complexity index is 1480. The number of carboxylic acid groups (broad SMARTS) is 1. The van der Waals surface area contributed by atoms with Crippen molar-refractivity contribution in [3.05, 3.63) is 84.1 Å². The average molecular weight is 539 g/mol. The highest BCUT2D eigenvalue weighted by atomic mass is 16.5. The number of carbonyl (C=O) groups is 1. The Labute approximate surface area is 234 Å². The van der Waals surface area contributed by atoms with Gasteiger partial charge in [-0.05, 0) is 80.1 Å². The summed E-state index contributed by atoms with van der Waals surface area (Å²) in [5.41, 5.74) is 6.23. The van der Waals surface area contributed by atoms with Crippen LogP contribution in [0.4, 0.5) is 33.6 Å². The molecule has 1 aliphatic rings. The number of likely N-dealkylation sites (N-methyl/N-ethyl adjacent to an activating group) is 1. The van der Waals surface area contributed by atoms with Crippen LogP contribution in [0, 0.1) is 13.8 Å². The first kappa shape index (κ1) is 27.0. The van der Waals surface area contributed by atoms with Crippen LogP contribution >= 0.6 is 0 Å². The molecule has 206 valence electrons. The van der Waals surface area contributed by atoms with Crippen molar-refractivity contribution in [2.75, 3.05) is 55.5 Å². The number of nitrogens with one attached hydrogen (secondary N) is 1. The number of hydrogen-bond acceptors (Lipinski definition) is 7. The van der Waals surface area contributed by atoms with Gasteiger partial charge >= 0.3 is 6.09 Å². The van der Waals surface area contributed by atoms with Gasteiger partial charge in [0.25, 0.3) is 0 Å². The Morgan fingerprint density at radius 1 is 0.975 bits per heavy atom. The zero-order valence-electron chi connectivity index (χ0n) is 23.3. The van der Waals surface area contributed by atoms with E-state index in [2.05, 4.69) is 44.3 Å². The number of hydrogen-bond donors (Lipinski definition) is 2. The Morgan fingerprint density at radius 3 is 2.33 bits per heavy atom. The van der Waals surface area contributed by atoms with Crippen molar-refractivity contribution >= 4 is 34.9 Å². The van der Waals surface area contributed by atoms with Gasteiger partial charge in [0.1, 0.15) is 11.6 Å². The van der Waals surface area contributed by atoms with E-state index in [9.17, 15) is 9.90 Å². The molecule has 5 rings (SSSR count). The van der Waals surface area contributed by atoms with Crippen LogP contribution in [0.1, 0.15) is 11.1 Å². The first-order valence-corrected chi connectivity index (χ1v) is 13.3. The summed E-state index contributed by atoms with van der Waals surface area (Å²) in [6.45, 7) is 8.10. The van der Waals surface area contributed by atoms with Gasteiger partial charge in [0, 0.05) is 55.4 Å². The van der Waals surface area contributed by atoms with E-state index in [4.69, 9.17) is 4.74 Å². The minimum atomic E-state index is -1.15. The van der Waals surface area contributed by atoms with Crippen LogP contribution in [0.25, 0.3) is 11.1 Å². The number of aromatic nitrogens is 2. The molecule has 1 aliphatic heterocycles. The largest absolute Gasteiger partial charge is 0.497 e. The van der Waals surface area contributed by atoms with Crippen molar-refractivity contribution in [2.24, 2.45) is 0 Å². The Morgan fingerprint density at radius 2 is 1.68 bits per heavy atom. The number of ether oxygens (including phenoxy) is 1. The van der Waals surface area contributed by atoms with Crippen molar-refractivity contribution in [1.29, 1.82) is 0 Å². The SMILES string of the molecule is COc1ccc(N(C(=O)O)c2ccnc(Nc3ccc(N4CCN(C)CC4)cc3)n2)c(-c2c(C)cccc2C)c1. The summed E-state index contributed by atoms with van der Waals surface area (Å²) in [4.78, 5) is 27.5. The van der Waals surface area contributed by atoms with Crippen LogP contribution in [-0.4, -0.2) is 66.4 Å². The molecule has 0 saturated carbocycles. The minimum absolute atomic E-state index is 0.233. The molecule has 1 fully saturated rings. The lowest BCUT2D eigenvalue weighted by atomic mass is 9.94. The van der Waals surface area contributed by atoms with E-state index in [1.54, 1.807) is 31.5 Å². The molecule has 0 aliphatic carbocycles. The molecule has 4 aromatic rings. The Hall–Kier alpha value is -4.63. The quantitative estimate of drug-likeness (QED) is 0.292. The predicted octanol–water partition coefficient (Wildman–Crippen LogP) is 6.08. The van der Waals surface area contributed by atoms with Gasteiger partial charge in [-0.15, -0.1) is 0 Å². The van der Waals surface area contributed by atoms with E-state index in [1.165, 1.54) is 10.6 Å². The second-order valence-corrected chi connectivity index (χ2v) is 9.97. The van der Waals surface area contributed by atoms with Crippen molar-refractivity contribution in [3.63, 3.8) is 0 Å². The molecule has 40 heavy (non-hydrogen) atoms. The van der Waals surface area contributed by atoms with Crippen molar-refractivity contribution in [2.45, 2.75) is 13.8 Å². The molecular formula is C31H34N6O3. The summed E-state index contributed by atoms with van der Waals surface area (Å²) in [7, 11) is 3.74. The molecule has 1 saturated heterocycles. The van der Waals surface area contributed by atoms with Crippen LogP contribution < -0.4 is 19.9 Å². The lowest BCUT2D eigenvalue weighted by Gasteiger charge is -2.34. The number of nitrogens with zero attached hydrogens (tertiary/aromatic N) is 5. The normalized spacial score (nSPS) is 13.7. The van der Waals surface area contributed by atoms with Gasteiger partial charge < -0.3 is 25.0 Å². The topological polar surface area (TPSA) is 94.1 Å². The highest BCUT2D eigenvalue weighted by Gasteiger charge is 2.24. The molecule has 0 unspecified atom stereocenters. The number of benzene rings is 3. The standard InChI is InChI=1S/C31H34N6O3/c1-21-6-5-7-22(2)29(21)26-20-25(40-4)12-13-27(26)37(31(38)39)28-14-15-32-30(34-28)33-23-8-10-24(11-9-23)36-18-16-35(3)17-19-36/h5-15,20H,16-19H2,1-4H3,(H,38,39)(H,32,33,34). The summed E-state index contributed by atoms with van der Waals surface area (Å²) in [6.07, 6.45) is 0.403. The van der Waals surface area contributed by atoms with Crippen molar-refractivity contribution in [3.8, 4) is 16.9 Å². The first-order valence-electron chi connectivity index (χ1n) is 13.3. The molecule has 0 spiro atoms. The summed E-state index contributed by atoms with van der Waals surface area (Å²) >= 11 is 0. The predicted molar refractivity (Wildman–Crippen MR) is 160 cm³/mol. The number of rotatable bonds is 7. The highest BCUT2D eigenvalue weighted by Crippen LogP contribution is 2.40. The third kappa shape index (κ3) is 5.69. The van der Waals surface area contributed by atoms with E-state index in [-0.39, 0.29) is 5.82 Å². The van der Waals surface area contributed by atoms with Crippen molar-refractivity contribution in [1.82, 2.24) is 14.9 Å². The third-order valence-corrected chi connectivity index (χ3v) is 7.25. The molecule has 9 nitrogen and oxygen atoms in total. The molecule has 0 radical (unpaired) electrons. The molecule has 1 aromatic heterocycles. The molecule has 9 heteroatoms. The molecule has 0 atom stereocenters. The zero-order valence-corrected chi connectivity index (χ0v) is 23.3. The van der Waals surface area contributed by atoms with Gasteiger partial charge in [0.05, 0.1) is 12.8 Å². The van der Waals surface area contributed by atoms with Gasteiger partial charge in [0.2, 0.25) is 5.95 Å². The number of piperazine rings is 1. The molecule has 2 N–H and O–H groups in total. The third-order valence-electron chi connectivity index (χ3n) is 7.25. The number of anilines is 5. The smallest absolute Gasteiger partial charge is 0.417 e. The maximum atomic E-state index is 12.7. The minimum Gasteiger partial charge on any atom is -0.497 e. The van der Waals surface area contributed by atoms with Gasteiger partial charge in [-0.25, -0.2) is 14.7 Å². The maximum absolute atomic E-state index is 12.7. The summed E-state index contributed by atoms with van der Waals surface area (Å²) in [5, 5.41) is 13.6. The van der Waals surface area contributed by atoms with Gasteiger partial charge in [0.15, 0.2) is 0 Å². The van der Waals surface area contributed by atoms with E-state index in [0.29, 0.717) is 17.4 Å². The fourth-order valence-electron chi connectivity index (χ4n) is 5.08.